The highest BCUT2D eigenvalue weighted by atomic mass is 16.5. The Morgan fingerprint density at radius 2 is 1.88 bits per heavy atom. The summed E-state index contributed by atoms with van der Waals surface area (Å²) in [6.45, 7) is 1.72. The molecule has 2 atom stereocenters. The van der Waals surface area contributed by atoms with E-state index in [4.69, 9.17) is 15.2 Å². The highest BCUT2D eigenvalue weighted by Crippen LogP contribution is 2.30. The number of rotatable bonds is 5. The summed E-state index contributed by atoms with van der Waals surface area (Å²) < 4.78 is 10.3. The largest absolute Gasteiger partial charge is 0.493 e. The van der Waals surface area contributed by atoms with Crippen LogP contribution in [0.3, 0.4) is 0 Å². The van der Waals surface area contributed by atoms with Crippen LogP contribution in [-0.4, -0.2) is 25.4 Å². The van der Waals surface area contributed by atoms with Crippen LogP contribution in [0.25, 0.3) is 0 Å². The maximum absolute atomic E-state index is 9.28. The zero-order valence-electron chi connectivity index (χ0n) is 9.93. The Hall–Kier alpha value is -1.26. The molecule has 4 heteroatoms. The van der Waals surface area contributed by atoms with Crippen LogP contribution in [0.2, 0.25) is 0 Å². The van der Waals surface area contributed by atoms with Crippen LogP contribution in [0.1, 0.15) is 24.9 Å². The predicted octanol–water partition coefficient (Wildman–Crippen LogP) is 1.47. The summed E-state index contributed by atoms with van der Waals surface area (Å²) in [5.41, 5.74) is 6.88. The minimum absolute atomic E-state index is 0.195. The van der Waals surface area contributed by atoms with Crippen molar-refractivity contribution in [1.29, 1.82) is 0 Å². The van der Waals surface area contributed by atoms with Gasteiger partial charge >= 0.3 is 0 Å². The average Bonchev–Trinajstić information content (AvgIpc) is 2.27. The Morgan fingerprint density at radius 1 is 1.25 bits per heavy atom. The van der Waals surface area contributed by atoms with E-state index in [0.717, 1.165) is 5.56 Å². The first-order valence-corrected chi connectivity index (χ1v) is 5.24. The second kappa shape index (κ2) is 5.72. The molecule has 16 heavy (non-hydrogen) atoms. The molecule has 0 fully saturated rings. The SMILES string of the molecule is COc1ccc([C@@H](N)CC(C)O)cc1OC. The number of nitrogens with two attached hydrogens (primary N) is 1. The van der Waals surface area contributed by atoms with E-state index in [9.17, 15) is 5.11 Å². The van der Waals surface area contributed by atoms with Gasteiger partial charge in [-0.05, 0) is 31.0 Å². The molecule has 0 aromatic heterocycles. The molecule has 0 saturated heterocycles. The Bertz CT molecular complexity index is 339. The van der Waals surface area contributed by atoms with Crippen molar-refractivity contribution in [2.75, 3.05) is 14.2 Å². The van der Waals surface area contributed by atoms with Crippen LogP contribution in [0.5, 0.6) is 11.5 Å². The van der Waals surface area contributed by atoms with Crippen molar-refractivity contribution in [2.24, 2.45) is 5.73 Å². The molecule has 1 aromatic rings. The summed E-state index contributed by atoms with van der Waals surface area (Å²) in [5, 5.41) is 9.28. The van der Waals surface area contributed by atoms with Crippen molar-refractivity contribution in [3.05, 3.63) is 23.8 Å². The van der Waals surface area contributed by atoms with Gasteiger partial charge in [-0.15, -0.1) is 0 Å². The van der Waals surface area contributed by atoms with Gasteiger partial charge in [0.05, 0.1) is 20.3 Å². The van der Waals surface area contributed by atoms with Crippen LogP contribution in [0.4, 0.5) is 0 Å². The van der Waals surface area contributed by atoms with E-state index in [0.29, 0.717) is 17.9 Å². The van der Waals surface area contributed by atoms with E-state index in [1.807, 2.05) is 18.2 Å². The third kappa shape index (κ3) is 3.12. The van der Waals surface area contributed by atoms with Gasteiger partial charge in [0.15, 0.2) is 11.5 Å². The Labute approximate surface area is 96.0 Å². The summed E-state index contributed by atoms with van der Waals surface area (Å²) in [7, 11) is 3.18. The molecule has 0 heterocycles. The van der Waals surface area contributed by atoms with Crippen LogP contribution in [0, 0.1) is 0 Å². The molecule has 1 rings (SSSR count). The smallest absolute Gasteiger partial charge is 0.161 e. The first kappa shape index (κ1) is 12.8. The molecular weight excluding hydrogens is 206 g/mol. The third-order valence-electron chi connectivity index (χ3n) is 2.43. The normalized spacial score (nSPS) is 14.3. The molecule has 1 aromatic carbocycles. The summed E-state index contributed by atoms with van der Waals surface area (Å²) in [6, 6.07) is 5.34. The van der Waals surface area contributed by atoms with Crippen molar-refractivity contribution < 1.29 is 14.6 Å². The molecule has 0 saturated carbocycles. The minimum Gasteiger partial charge on any atom is -0.493 e. The van der Waals surface area contributed by atoms with Crippen molar-refractivity contribution >= 4 is 0 Å². The molecule has 1 unspecified atom stereocenters. The Morgan fingerprint density at radius 3 is 2.38 bits per heavy atom. The van der Waals surface area contributed by atoms with Crippen LogP contribution in [-0.2, 0) is 0 Å². The lowest BCUT2D eigenvalue weighted by atomic mass is 10.0. The molecule has 0 aliphatic carbocycles. The standard InChI is InChI=1S/C12H19NO3/c1-8(14)6-10(13)9-4-5-11(15-2)12(7-9)16-3/h4-5,7-8,10,14H,6,13H2,1-3H3/t8?,10-/m0/s1. The summed E-state index contributed by atoms with van der Waals surface area (Å²) in [4.78, 5) is 0. The van der Waals surface area contributed by atoms with Crippen LogP contribution >= 0.6 is 0 Å². The van der Waals surface area contributed by atoms with Gasteiger partial charge < -0.3 is 20.3 Å². The molecule has 0 aliphatic heterocycles. The van der Waals surface area contributed by atoms with Gasteiger partial charge in [0, 0.05) is 6.04 Å². The number of aliphatic hydroxyl groups is 1. The van der Waals surface area contributed by atoms with Crippen molar-refractivity contribution in [3.63, 3.8) is 0 Å². The van der Waals surface area contributed by atoms with E-state index in [1.54, 1.807) is 21.1 Å². The minimum atomic E-state index is -0.414. The highest BCUT2D eigenvalue weighted by molar-refractivity contribution is 5.43. The van der Waals surface area contributed by atoms with Crippen LogP contribution < -0.4 is 15.2 Å². The topological polar surface area (TPSA) is 64.7 Å². The number of methoxy groups -OCH3 is 2. The molecule has 0 aliphatic rings. The van der Waals surface area contributed by atoms with E-state index < -0.39 is 6.10 Å². The van der Waals surface area contributed by atoms with Crippen molar-refractivity contribution in [1.82, 2.24) is 0 Å². The Balaban J connectivity index is 2.89. The number of benzene rings is 1. The van der Waals surface area contributed by atoms with Gasteiger partial charge in [0.25, 0.3) is 0 Å². The average molecular weight is 225 g/mol. The van der Waals surface area contributed by atoms with Crippen molar-refractivity contribution in [2.45, 2.75) is 25.5 Å². The van der Waals surface area contributed by atoms with E-state index in [-0.39, 0.29) is 6.04 Å². The first-order valence-electron chi connectivity index (χ1n) is 5.24. The molecule has 3 N–H and O–H groups in total. The van der Waals surface area contributed by atoms with E-state index >= 15 is 0 Å². The van der Waals surface area contributed by atoms with Gasteiger partial charge in [-0.3, -0.25) is 0 Å². The van der Waals surface area contributed by atoms with Gasteiger partial charge in [-0.2, -0.15) is 0 Å². The fourth-order valence-electron chi connectivity index (χ4n) is 1.59. The molecule has 0 radical (unpaired) electrons. The first-order chi connectivity index (χ1) is 7.58. The molecule has 0 bridgehead atoms. The monoisotopic (exact) mass is 225 g/mol. The number of hydrogen-bond donors (Lipinski definition) is 2. The predicted molar refractivity (Wildman–Crippen MR) is 62.8 cm³/mol. The quantitative estimate of drug-likeness (QED) is 0.796. The van der Waals surface area contributed by atoms with Gasteiger partial charge in [-0.25, -0.2) is 0 Å². The number of ether oxygens (including phenoxy) is 2. The zero-order valence-corrected chi connectivity index (χ0v) is 9.93. The van der Waals surface area contributed by atoms with E-state index in [1.165, 1.54) is 0 Å². The lowest BCUT2D eigenvalue weighted by molar-refractivity contribution is 0.175. The fourth-order valence-corrected chi connectivity index (χ4v) is 1.59. The molecule has 90 valence electrons. The summed E-state index contributed by atoms with van der Waals surface area (Å²) in [6.07, 6.45) is 0.109. The maximum Gasteiger partial charge on any atom is 0.161 e. The van der Waals surface area contributed by atoms with Crippen molar-refractivity contribution in [3.8, 4) is 11.5 Å². The number of aliphatic hydroxyl groups excluding tert-OH is 1. The van der Waals surface area contributed by atoms with Crippen LogP contribution in [0.15, 0.2) is 18.2 Å². The number of hydrogen-bond acceptors (Lipinski definition) is 4. The van der Waals surface area contributed by atoms with E-state index in [2.05, 4.69) is 0 Å². The molecule has 4 nitrogen and oxygen atoms in total. The fraction of sp³-hybridized carbons (Fsp3) is 0.500. The maximum atomic E-state index is 9.28. The summed E-state index contributed by atoms with van der Waals surface area (Å²) in [5.74, 6) is 1.33. The molecular formula is C12H19NO3. The Kier molecular flexibility index (Phi) is 4.58. The second-order valence-corrected chi connectivity index (χ2v) is 3.81. The lowest BCUT2D eigenvalue weighted by Crippen LogP contribution is -2.16. The highest BCUT2D eigenvalue weighted by Gasteiger charge is 2.12. The lowest BCUT2D eigenvalue weighted by Gasteiger charge is -2.16. The third-order valence-corrected chi connectivity index (χ3v) is 2.43. The van der Waals surface area contributed by atoms with Gasteiger partial charge in [0.1, 0.15) is 0 Å². The molecule has 0 spiro atoms. The second-order valence-electron chi connectivity index (χ2n) is 3.81. The van der Waals surface area contributed by atoms with Gasteiger partial charge in [0.2, 0.25) is 0 Å². The molecule has 0 amide bonds. The summed E-state index contributed by atoms with van der Waals surface area (Å²) >= 11 is 0. The van der Waals surface area contributed by atoms with Gasteiger partial charge in [-0.1, -0.05) is 6.07 Å². The zero-order chi connectivity index (χ0) is 12.1.